The molecule has 7 nitrogen and oxygen atoms in total. The minimum atomic E-state index is -1.10. The maximum atomic E-state index is 14.6. The molecule has 0 fully saturated rings. The summed E-state index contributed by atoms with van der Waals surface area (Å²) in [6, 6.07) is 0.930. The number of carbonyl (C=O) groups is 1. The number of rotatable bonds is 4. The molecule has 3 rings (SSSR count). The quantitative estimate of drug-likeness (QED) is 0.886. The number of H-pyrrole nitrogens is 1. The number of benzene rings is 1. The third-order valence-electron chi connectivity index (χ3n) is 4.05. The fourth-order valence-corrected chi connectivity index (χ4v) is 2.83. The van der Waals surface area contributed by atoms with E-state index >= 15 is 0 Å². The summed E-state index contributed by atoms with van der Waals surface area (Å²) < 4.78 is 34.4. The molecule has 1 aromatic heterocycles. The van der Waals surface area contributed by atoms with Crippen LogP contribution in [0, 0.1) is 11.6 Å². The molecule has 0 atom stereocenters. The van der Waals surface area contributed by atoms with Gasteiger partial charge in [-0.1, -0.05) is 0 Å². The number of hydrogen-bond donors (Lipinski definition) is 2. The first-order valence-electron chi connectivity index (χ1n) is 7.93. The number of ether oxygens (including phenoxy) is 1. The highest BCUT2D eigenvalue weighted by atomic mass is 19.2. The van der Waals surface area contributed by atoms with Gasteiger partial charge in [-0.05, 0) is 13.0 Å². The lowest BCUT2D eigenvalue weighted by molar-refractivity contribution is 0.248. The van der Waals surface area contributed by atoms with Gasteiger partial charge in [0.05, 0.1) is 36.5 Å². The van der Waals surface area contributed by atoms with E-state index in [0.29, 0.717) is 18.8 Å². The van der Waals surface area contributed by atoms with Crippen LogP contribution in [0.15, 0.2) is 18.6 Å². The Hall–Kier alpha value is -2.84. The number of aromatic nitrogens is 2. The third-order valence-corrected chi connectivity index (χ3v) is 4.05. The fraction of sp³-hybridized carbons (Fsp3) is 0.375. The predicted molar refractivity (Wildman–Crippen MR) is 89.0 cm³/mol. The molecule has 2 aromatic rings. The molecule has 0 radical (unpaired) electrons. The van der Waals surface area contributed by atoms with Crippen molar-refractivity contribution in [3.63, 3.8) is 0 Å². The summed E-state index contributed by atoms with van der Waals surface area (Å²) in [4.78, 5) is 21.9. The Morgan fingerprint density at radius 2 is 2.28 bits per heavy atom. The molecular formula is C16H19F2N5O2. The number of urea groups is 1. The van der Waals surface area contributed by atoms with Crippen LogP contribution in [0.4, 0.5) is 25.0 Å². The minimum Gasteiger partial charge on any atom is -0.486 e. The van der Waals surface area contributed by atoms with Gasteiger partial charge in [0.15, 0.2) is 11.6 Å². The summed E-state index contributed by atoms with van der Waals surface area (Å²) in [6.07, 6.45) is 3.22. The first kappa shape index (κ1) is 17.0. The van der Waals surface area contributed by atoms with Crippen LogP contribution >= 0.6 is 0 Å². The molecule has 134 valence electrons. The number of fused-ring (bicyclic) bond motifs is 1. The van der Waals surface area contributed by atoms with E-state index in [1.54, 1.807) is 19.4 Å². The predicted octanol–water partition coefficient (Wildman–Crippen LogP) is 2.25. The molecule has 1 aliphatic rings. The van der Waals surface area contributed by atoms with Crippen molar-refractivity contribution in [2.75, 3.05) is 36.5 Å². The molecule has 25 heavy (non-hydrogen) atoms. The Balaban J connectivity index is 2.05. The van der Waals surface area contributed by atoms with Crippen molar-refractivity contribution >= 4 is 17.4 Å². The number of nitrogens with one attached hydrogen (secondary N) is 2. The number of imidazole rings is 1. The monoisotopic (exact) mass is 351 g/mol. The molecule has 9 heteroatoms. The molecule has 2 heterocycles. The van der Waals surface area contributed by atoms with Crippen LogP contribution < -0.4 is 19.9 Å². The zero-order valence-electron chi connectivity index (χ0n) is 14.0. The number of halogens is 2. The normalized spacial score (nSPS) is 13.2. The Labute approximate surface area is 143 Å². The Bertz CT molecular complexity index is 766. The maximum Gasteiger partial charge on any atom is 0.321 e. The van der Waals surface area contributed by atoms with Gasteiger partial charge in [-0.25, -0.2) is 14.2 Å². The minimum absolute atomic E-state index is 0.127. The first-order chi connectivity index (χ1) is 12.1. The number of hydrogen-bond acceptors (Lipinski definition) is 4. The molecular weight excluding hydrogens is 332 g/mol. The lowest BCUT2D eigenvalue weighted by atomic mass is 10.1. The molecule has 1 aromatic carbocycles. The largest absolute Gasteiger partial charge is 0.486 e. The molecule has 0 saturated carbocycles. The van der Waals surface area contributed by atoms with E-state index in [9.17, 15) is 13.6 Å². The number of amides is 2. The zero-order valence-corrected chi connectivity index (χ0v) is 14.0. The molecule has 0 saturated heterocycles. The van der Waals surface area contributed by atoms with Gasteiger partial charge in [0, 0.05) is 19.8 Å². The van der Waals surface area contributed by atoms with E-state index in [0.717, 1.165) is 10.6 Å². The van der Waals surface area contributed by atoms with Crippen molar-refractivity contribution in [2.24, 2.45) is 0 Å². The van der Waals surface area contributed by atoms with E-state index < -0.39 is 17.7 Å². The van der Waals surface area contributed by atoms with Crippen LogP contribution in [-0.4, -0.2) is 42.7 Å². The third kappa shape index (κ3) is 3.09. The number of nitrogens with zero attached hydrogens (tertiary/aromatic N) is 3. The van der Waals surface area contributed by atoms with Crippen molar-refractivity contribution < 1.29 is 18.3 Å². The Morgan fingerprint density at radius 1 is 1.48 bits per heavy atom. The number of anilines is 2. The topological polar surface area (TPSA) is 73.5 Å². The summed E-state index contributed by atoms with van der Waals surface area (Å²) in [5.41, 5.74) is 1.10. The van der Waals surface area contributed by atoms with Gasteiger partial charge in [0.2, 0.25) is 5.82 Å². The highest BCUT2D eigenvalue weighted by Gasteiger charge is 2.29. The molecule has 0 aliphatic carbocycles. The van der Waals surface area contributed by atoms with Crippen molar-refractivity contribution in [1.82, 2.24) is 15.3 Å². The second kappa shape index (κ2) is 6.96. The Kier molecular flexibility index (Phi) is 4.73. The van der Waals surface area contributed by atoms with Crippen LogP contribution in [0.1, 0.15) is 12.6 Å². The standard InChI is InChI=1S/C16H19F2N5O2/c1-3-23(16(24)19-2)11-6-12-15(14(18)13(11)17)25-5-4-22(12)8-10-7-20-9-21-10/h6-7,9H,3-5,8H2,1-2H3,(H,19,24)(H,20,21). The molecule has 1 aliphatic heterocycles. The number of aromatic amines is 1. The van der Waals surface area contributed by atoms with Crippen molar-refractivity contribution in [1.29, 1.82) is 0 Å². The van der Waals surface area contributed by atoms with Gasteiger partial charge >= 0.3 is 6.03 Å². The second-order valence-corrected chi connectivity index (χ2v) is 5.52. The molecule has 2 amide bonds. The van der Waals surface area contributed by atoms with E-state index in [1.165, 1.54) is 13.1 Å². The average molecular weight is 351 g/mol. The van der Waals surface area contributed by atoms with Gasteiger partial charge in [-0.2, -0.15) is 4.39 Å². The summed E-state index contributed by atoms with van der Waals surface area (Å²) in [5.74, 6) is -2.34. The van der Waals surface area contributed by atoms with E-state index in [4.69, 9.17) is 4.74 Å². The van der Waals surface area contributed by atoms with Crippen LogP contribution in [0.5, 0.6) is 5.75 Å². The molecule has 0 spiro atoms. The average Bonchev–Trinajstić information content (AvgIpc) is 3.13. The maximum absolute atomic E-state index is 14.6. The highest BCUT2D eigenvalue weighted by molar-refractivity contribution is 5.93. The molecule has 0 bridgehead atoms. The summed E-state index contributed by atoms with van der Waals surface area (Å²) in [7, 11) is 1.44. The van der Waals surface area contributed by atoms with Crippen LogP contribution in [0.2, 0.25) is 0 Å². The van der Waals surface area contributed by atoms with Gasteiger partial charge in [0.1, 0.15) is 6.61 Å². The van der Waals surface area contributed by atoms with Crippen LogP contribution in [0.25, 0.3) is 0 Å². The van der Waals surface area contributed by atoms with E-state index in [1.807, 2.05) is 4.90 Å². The lowest BCUT2D eigenvalue weighted by Gasteiger charge is -2.33. The van der Waals surface area contributed by atoms with Crippen LogP contribution in [0.3, 0.4) is 0 Å². The highest BCUT2D eigenvalue weighted by Crippen LogP contribution is 2.40. The Morgan fingerprint density at radius 3 is 2.92 bits per heavy atom. The summed E-state index contributed by atoms with van der Waals surface area (Å²) in [5, 5.41) is 2.43. The first-order valence-corrected chi connectivity index (χ1v) is 7.93. The van der Waals surface area contributed by atoms with Gasteiger partial charge < -0.3 is 19.9 Å². The lowest BCUT2D eigenvalue weighted by Crippen LogP contribution is -2.39. The van der Waals surface area contributed by atoms with Gasteiger partial charge in [-0.15, -0.1) is 0 Å². The fourth-order valence-electron chi connectivity index (χ4n) is 2.83. The number of carbonyl (C=O) groups excluding carboxylic acids is 1. The summed E-state index contributed by atoms with van der Waals surface area (Å²) >= 11 is 0. The van der Waals surface area contributed by atoms with Gasteiger partial charge in [0.25, 0.3) is 0 Å². The summed E-state index contributed by atoms with van der Waals surface area (Å²) in [6.45, 7) is 3.06. The zero-order chi connectivity index (χ0) is 18.0. The molecule has 2 N–H and O–H groups in total. The molecule has 0 unspecified atom stereocenters. The SMILES string of the molecule is CCN(C(=O)NC)c1cc2c(c(F)c1F)OCCN2Cc1cnc[nH]1. The van der Waals surface area contributed by atoms with Crippen molar-refractivity contribution in [3.8, 4) is 5.75 Å². The van der Waals surface area contributed by atoms with E-state index in [-0.39, 0.29) is 24.6 Å². The second-order valence-electron chi connectivity index (χ2n) is 5.52. The smallest absolute Gasteiger partial charge is 0.321 e. The van der Waals surface area contributed by atoms with Crippen molar-refractivity contribution in [2.45, 2.75) is 13.5 Å². The van der Waals surface area contributed by atoms with Crippen LogP contribution in [-0.2, 0) is 6.54 Å². The van der Waals surface area contributed by atoms with E-state index in [2.05, 4.69) is 15.3 Å². The van der Waals surface area contributed by atoms with Crippen molar-refractivity contribution in [3.05, 3.63) is 35.9 Å². The van der Waals surface area contributed by atoms with Gasteiger partial charge in [-0.3, -0.25) is 4.90 Å².